The van der Waals surface area contributed by atoms with E-state index in [0.717, 1.165) is 12.3 Å². The standard InChI is InChI=1S/C22H14F4N6OS/c1-12-20(34-11-30-12)21(33)29-9-13-2-3-15(7-17(13)23)32-5-4-18(31-32)14-6-16(22(24,25)26)19(8-27)28-10-14/h2-7,10-11H,9H2,1H3,(H,29,33). The number of benzene rings is 1. The SMILES string of the molecule is Cc1ncsc1C(=O)NCc1ccc(-n2ccc(-c3cnc(C#N)c(C(F)(F)F)c3)n2)cc1F. The summed E-state index contributed by atoms with van der Waals surface area (Å²) in [6, 6.07) is 7.93. The molecular formula is C22H14F4N6OS. The topological polar surface area (TPSA) is 96.5 Å². The zero-order valence-electron chi connectivity index (χ0n) is 17.4. The van der Waals surface area contributed by atoms with Crippen molar-refractivity contribution in [2.45, 2.75) is 19.6 Å². The highest BCUT2D eigenvalue weighted by Crippen LogP contribution is 2.33. The van der Waals surface area contributed by atoms with E-state index in [9.17, 15) is 22.4 Å². The summed E-state index contributed by atoms with van der Waals surface area (Å²) in [6.45, 7) is 1.67. The number of nitrogens with zero attached hydrogens (tertiary/aromatic N) is 5. The first-order chi connectivity index (χ1) is 16.2. The zero-order chi connectivity index (χ0) is 24.5. The maximum absolute atomic E-state index is 14.6. The van der Waals surface area contributed by atoms with Gasteiger partial charge in [-0.1, -0.05) is 6.07 Å². The van der Waals surface area contributed by atoms with Crippen molar-refractivity contribution in [1.29, 1.82) is 5.26 Å². The van der Waals surface area contributed by atoms with E-state index in [0.29, 0.717) is 16.3 Å². The highest BCUT2D eigenvalue weighted by molar-refractivity contribution is 7.11. The van der Waals surface area contributed by atoms with Crippen LogP contribution in [0.4, 0.5) is 17.6 Å². The molecule has 4 rings (SSSR count). The molecule has 34 heavy (non-hydrogen) atoms. The number of thiazole rings is 1. The molecule has 3 heterocycles. The Balaban J connectivity index is 1.53. The Hall–Kier alpha value is -4.11. The van der Waals surface area contributed by atoms with Gasteiger partial charge in [0.25, 0.3) is 5.91 Å². The van der Waals surface area contributed by atoms with E-state index in [4.69, 9.17) is 5.26 Å². The molecule has 4 aromatic rings. The van der Waals surface area contributed by atoms with Crippen molar-refractivity contribution >= 4 is 17.2 Å². The van der Waals surface area contributed by atoms with E-state index in [1.165, 1.54) is 46.5 Å². The van der Waals surface area contributed by atoms with Crippen LogP contribution in [0.5, 0.6) is 0 Å². The van der Waals surface area contributed by atoms with Crippen LogP contribution in [0.25, 0.3) is 16.9 Å². The maximum Gasteiger partial charge on any atom is 0.419 e. The van der Waals surface area contributed by atoms with Crippen LogP contribution in [0.1, 0.15) is 32.2 Å². The van der Waals surface area contributed by atoms with Crippen LogP contribution in [-0.2, 0) is 12.7 Å². The van der Waals surface area contributed by atoms with E-state index in [1.807, 2.05) is 0 Å². The number of halogens is 4. The molecule has 1 aromatic carbocycles. The fourth-order valence-electron chi connectivity index (χ4n) is 3.13. The van der Waals surface area contributed by atoms with Gasteiger partial charge in [0, 0.05) is 30.1 Å². The third kappa shape index (κ3) is 4.65. The number of nitriles is 1. The number of amides is 1. The van der Waals surface area contributed by atoms with Crippen molar-refractivity contribution in [3.8, 4) is 23.0 Å². The molecule has 0 radical (unpaired) electrons. The van der Waals surface area contributed by atoms with Gasteiger partial charge in [-0.3, -0.25) is 4.79 Å². The predicted octanol–water partition coefficient (Wildman–Crippen LogP) is 4.66. The monoisotopic (exact) mass is 486 g/mol. The fraction of sp³-hybridized carbons (Fsp3) is 0.136. The number of alkyl halides is 3. The molecule has 0 aliphatic rings. The largest absolute Gasteiger partial charge is 0.419 e. The number of rotatable bonds is 5. The average molecular weight is 486 g/mol. The third-order valence-electron chi connectivity index (χ3n) is 4.88. The molecule has 0 fully saturated rings. The first-order valence-corrected chi connectivity index (χ1v) is 10.6. The van der Waals surface area contributed by atoms with Crippen LogP contribution in [-0.4, -0.2) is 25.7 Å². The van der Waals surface area contributed by atoms with Crippen molar-refractivity contribution < 1.29 is 22.4 Å². The lowest BCUT2D eigenvalue weighted by Gasteiger charge is -2.09. The van der Waals surface area contributed by atoms with E-state index in [1.54, 1.807) is 18.5 Å². The molecule has 12 heteroatoms. The lowest BCUT2D eigenvalue weighted by Crippen LogP contribution is -2.23. The van der Waals surface area contributed by atoms with Crippen LogP contribution in [0, 0.1) is 24.1 Å². The number of carbonyl (C=O) groups excluding carboxylic acids is 1. The second kappa shape index (κ2) is 9.03. The van der Waals surface area contributed by atoms with Crippen molar-refractivity contribution in [1.82, 2.24) is 25.1 Å². The van der Waals surface area contributed by atoms with Crippen molar-refractivity contribution in [3.05, 3.63) is 81.4 Å². The molecule has 0 bridgehead atoms. The number of nitrogens with one attached hydrogen (secondary N) is 1. The van der Waals surface area contributed by atoms with Crippen molar-refractivity contribution in [2.75, 3.05) is 0 Å². The first kappa shape index (κ1) is 23.1. The van der Waals surface area contributed by atoms with E-state index in [2.05, 4.69) is 20.4 Å². The lowest BCUT2D eigenvalue weighted by atomic mass is 10.1. The van der Waals surface area contributed by atoms with Gasteiger partial charge >= 0.3 is 6.18 Å². The highest BCUT2D eigenvalue weighted by atomic mass is 32.1. The van der Waals surface area contributed by atoms with Crippen LogP contribution in [0.2, 0.25) is 0 Å². The number of carbonyl (C=O) groups is 1. The molecule has 3 aromatic heterocycles. The van der Waals surface area contributed by atoms with Gasteiger partial charge in [0.1, 0.15) is 16.8 Å². The molecule has 0 aliphatic carbocycles. The van der Waals surface area contributed by atoms with E-state index < -0.39 is 23.3 Å². The third-order valence-corrected chi connectivity index (χ3v) is 5.80. The number of hydrogen-bond donors (Lipinski definition) is 1. The Morgan fingerprint density at radius 1 is 1.24 bits per heavy atom. The normalized spacial score (nSPS) is 11.3. The Labute approximate surface area is 194 Å². The van der Waals surface area contributed by atoms with E-state index >= 15 is 0 Å². The molecule has 0 atom stereocenters. The summed E-state index contributed by atoms with van der Waals surface area (Å²) in [7, 11) is 0. The predicted molar refractivity (Wildman–Crippen MR) is 114 cm³/mol. The molecule has 0 saturated heterocycles. The Morgan fingerprint density at radius 3 is 2.68 bits per heavy atom. The van der Waals surface area contributed by atoms with Crippen LogP contribution in [0.3, 0.4) is 0 Å². The quantitative estimate of drug-likeness (QED) is 0.414. The average Bonchev–Trinajstić information content (AvgIpc) is 3.46. The Morgan fingerprint density at radius 2 is 2.03 bits per heavy atom. The van der Waals surface area contributed by atoms with Crippen molar-refractivity contribution in [2.24, 2.45) is 0 Å². The van der Waals surface area contributed by atoms with Gasteiger partial charge in [-0.15, -0.1) is 11.3 Å². The minimum atomic E-state index is -4.75. The molecule has 0 unspecified atom stereocenters. The van der Waals surface area contributed by atoms with Crippen LogP contribution >= 0.6 is 11.3 Å². The summed E-state index contributed by atoms with van der Waals surface area (Å²) in [5, 5.41) is 15.7. The summed E-state index contributed by atoms with van der Waals surface area (Å²) in [4.78, 5) is 20.2. The van der Waals surface area contributed by atoms with Gasteiger partial charge in [-0.05, 0) is 31.2 Å². The van der Waals surface area contributed by atoms with Gasteiger partial charge in [0.2, 0.25) is 0 Å². The molecule has 0 aliphatic heterocycles. The van der Waals surface area contributed by atoms with Crippen LogP contribution < -0.4 is 5.32 Å². The number of aryl methyl sites for hydroxylation is 1. The summed E-state index contributed by atoms with van der Waals surface area (Å²) < 4.78 is 55.6. The van der Waals surface area contributed by atoms with Crippen LogP contribution in [0.15, 0.2) is 48.2 Å². The van der Waals surface area contributed by atoms with Gasteiger partial charge in [-0.2, -0.15) is 23.5 Å². The summed E-state index contributed by atoms with van der Waals surface area (Å²) in [5.74, 6) is -0.940. The van der Waals surface area contributed by atoms with E-state index in [-0.39, 0.29) is 29.3 Å². The Kier molecular flexibility index (Phi) is 6.12. The molecule has 0 saturated carbocycles. The zero-order valence-corrected chi connectivity index (χ0v) is 18.2. The summed E-state index contributed by atoms with van der Waals surface area (Å²) in [5.41, 5.74) is 1.05. The number of hydrogen-bond acceptors (Lipinski definition) is 6. The molecule has 0 spiro atoms. The smallest absolute Gasteiger partial charge is 0.347 e. The molecule has 1 amide bonds. The first-order valence-electron chi connectivity index (χ1n) is 9.68. The minimum absolute atomic E-state index is 0.0379. The van der Waals surface area contributed by atoms with Crippen molar-refractivity contribution in [3.63, 3.8) is 0 Å². The molecular weight excluding hydrogens is 472 g/mol. The Bertz CT molecular complexity index is 1420. The van der Waals surface area contributed by atoms with Gasteiger partial charge < -0.3 is 5.32 Å². The molecule has 172 valence electrons. The fourth-order valence-corrected chi connectivity index (χ4v) is 3.85. The van der Waals surface area contributed by atoms with Gasteiger partial charge in [0.05, 0.1) is 28.1 Å². The summed E-state index contributed by atoms with van der Waals surface area (Å²) in [6.07, 6.45) is -2.16. The highest BCUT2D eigenvalue weighted by Gasteiger charge is 2.35. The maximum atomic E-state index is 14.6. The second-order valence-electron chi connectivity index (χ2n) is 7.10. The second-order valence-corrected chi connectivity index (χ2v) is 7.96. The molecule has 7 nitrogen and oxygen atoms in total. The molecule has 1 N–H and O–H groups in total. The summed E-state index contributed by atoms with van der Waals surface area (Å²) >= 11 is 1.19. The number of aromatic nitrogens is 4. The lowest BCUT2D eigenvalue weighted by molar-refractivity contribution is -0.138. The number of pyridine rings is 1. The van der Waals surface area contributed by atoms with Gasteiger partial charge in [-0.25, -0.2) is 19.0 Å². The minimum Gasteiger partial charge on any atom is -0.347 e. The van der Waals surface area contributed by atoms with Gasteiger partial charge in [0.15, 0.2) is 5.69 Å².